The van der Waals surface area contributed by atoms with Crippen LogP contribution in [0.5, 0.6) is 0 Å². The number of aromatic nitrogens is 4. The van der Waals surface area contributed by atoms with E-state index in [1.807, 2.05) is 45.0 Å². The van der Waals surface area contributed by atoms with Crippen molar-refractivity contribution in [3.63, 3.8) is 0 Å². The fourth-order valence-electron chi connectivity index (χ4n) is 3.83. The van der Waals surface area contributed by atoms with Gasteiger partial charge >= 0.3 is 0 Å². The van der Waals surface area contributed by atoms with E-state index in [4.69, 9.17) is 0 Å². The monoisotopic (exact) mass is 467 g/mol. The average Bonchev–Trinajstić information content (AvgIpc) is 3.16. The van der Waals surface area contributed by atoms with Crippen LogP contribution in [0, 0.1) is 20.8 Å². The van der Waals surface area contributed by atoms with Gasteiger partial charge in [0.15, 0.2) is 5.16 Å². The van der Waals surface area contributed by atoms with E-state index in [0.29, 0.717) is 29.7 Å². The Balaban J connectivity index is 1.43. The molecule has 33 heavy (non-hydrogen) atoms. The molecule has 0 bridgehead atoms. The van der Waals surface area contributed by atoms with Gasteiger partial charge in [0.25, 0.3) is 5.78 Å². The topological polar surface area (TPSA) is 122 Å². The minimum Gasteiger partial charge on any atom is -0.353 e. The van der Waals surface area contributed by atoms with Gasteiger partial charge in [-0.25, -0.2) is 4.98 Å². The zero-order chi connectivity index (χ0) is 23.5. The number of thioether (sulfide) groups is 1. The van der Waals surface area contributed by atoms with Gasteiger partial charge in [-0.05, 0) is 44.5 Å². The minimum atomic E-state index is -0.863. The summed E-state index contributed by atoms with van der Waals surface area (Å²) in [6.45, 7) is 6.43. The van der Waals surface area contributed by atoms with Gasteiger partial charge in [-0.1, -0.05) is 23.9 Å². The molecule has 11 heteroatoms. The molecule has 0 aliphatic carbocycles. The number of piperazine rings is 1. The normalized spacial score (nSPS) is 16.0. The van der Waals surface area contributed by atoms with Gasteiger partial charge in [-0.15, -0.1) is 10.2 Å². The molecule has 3 amide bonds. The van der Waals surface area contributed by atoms with E-state index in [1.54, 1.807) is 10.5 Å². The fraction of sp³-hybridized carbons (Fsp3) is 0.364. The molecular weight excluding hydrogens is 442 g/mol. The number of carbonyl (C=O) groups is 3. The van der Waals surface area contributed by atoms with Crippen molar-refractivity contribution >= 4 is 40.9 Å². The fourth-order valence-corrected chi connectivity index (χ4v) is 4.70. The van der Waals surface area contributed by atoms with Gasteiger partial charge in [0, 0.05) is 30.2 Å². The van der Waals surface area contributed by atoms with Gasteiger partial charge in [0.05, 0.1) is 12.2 Å². The molecule has 172 valence electrons. The predicted molar refractivity (Wildman–Crippen MR) is 124 cm³/mol. The highest BCUT2D eigenvalue weighted by atomic mass is 32.2. The van der Waals surface area contributed by atoms with Gasteiger partial charge < -0.3 is 15.5 Å². The van der Waals surface area contributed by atoms with Crippen molar-refractivity contribution in [1.82, 2.24) is 29.8 Å². The quantitative estimate of drug-likeness (QED) is 0.527. The molecule has 0 radical (unpaired) electrons. The van der Waals surface area contributed by atoms with Gasteiger partial charge in [0.2, 0.25) is 17.7 Å². The molecule has 3 aromatic rings. The Hall–Kier alpha value is -3.47. The number of amides is 3. The Morgan fingerprint density at radius 1 is 1.21 bits per heavy atom. The number of hydrogen-bond acceptors (Lipinski definition) is 7. The maximum atomic E-state index is 13.0. The number of nitrogens with zero attached hydrogens (tertiary/aromatic N) is 5. The molecule has 0 saturated carbocycles. The molecule has 1 aromatic carbocycles. The SMILES string of the molecule is Cc1cccc(NC(=O)CC2C(=O)NCCN2C(=O)CSc2nnc3nc(C)cc(C)n23)c1. The molecule has 1 saturated heterocycles. The van der Waals surface area contributed by atoms with E-state index in [-0.39, 0.29) is 29.9 Å². The molecule has 1 fully saturated rings. The zero-order valence-electron chi connectivity index (χ0n) is 18.7. The molecule has 1 aliphatic heterocycles. The first-order valence-electron chi connectivity index (χ1n) is 10.6. The van der Waals surface area contributed by atoms with Crippen LogP contribution in [0.4, 0.5) is 5.69 Å². The number of aryl methyl sites for hydroxylation is 3. The van der Waals surface area contributed by atoms with Crippen LogP contribution in [-0.2, 0) is 14.4 Å². The van der Waals surface area contributed by atoms with Crippen molar-refractivity contribution < 1.29 is 14.4 Å². The highest BCUT2D eigenvalue weighted by Gasteiger charge is 2.34. The van der Waals surface area contributed by atoms with Crippen LogP contribution < -0.4 is 10.6 Å². The highest BCUT2D eigenvalue weighted by Crippen LogP contribution is 2.21. The van der Waals surface area contributed by atoms with E-state index in [9.17, 15) is 14.4 Å². The molecule has 1 atom stereocenters. The summed E-state index contributed by atoms with van der Waals surface area (Å²) < 4.78 is 1.79. The Morgan fingerprint density at radius 3 is 2.82 bits per heavy atom. The lowest BCUT2D eigenvalue weighted by Gasteiger charge is -2.34. The molecular formula is C22H25N7O3S. The van der Waals surface area contributed by atoms with Crippen LogP contribution in [0.3, 0.4) is 0 Å². The summed E-state index contributed by atoms with van der Waals surface area (Å²) in [4.78, 5) is 44.0. The van der Waals surface area contributed by atoms with Crippen molar-refractivity contribution in [2.45, 2.75) is 38.4 Å². The highest BCUT2D eigenvalue weighted by molar-refractivity contribution is 7.99. The van der Waals surface area contributed by atoms with E-state index in [1.165, 1.54) is 16.7 Å². The van der Waals surface area contributed by atoms with Crippen molar-refractivity contribution in [3.8, 4) is 0 Å². The lowest BCUT2D eigenvalue weighted by atomic mass is 10.1. The summed E-state index contributed by atoms with van der Waals surface area (Å²) in [7, 11) is 0. The molecule has 2 N–H and O–H groups in total. The Bertz CT molecular complexity index is 1230. The first kappa shape index (κ1) is 22.7. The lowest BCUT2D eigenvalue weighted by Crippen LogP contribution is -2.58. The average molecular weight is 468 g/mol. The molecule has 2 aromatic heterocycles. The van der Waals surface area contributed by atoms with Crippen molar-refractivity contribution in [2.24, 2.45) is 0 Å². The smallest absolute Gasteiger partial charge is 0.256 e. The van der Waals surface area contributed by atoms with Crippen LogP contribution in [0.25, 0.3) is 5.78 Å². The van der Waals surface area contributed by atoms with Crippen LogP contribution in [0.15, 0.2) is 35.5 Å². The largest absolute Gasteiger partial charge is 0.353 e. The van der Waals surface area contributed by atoms with Gasteiger partial charge in [-0.3, -0.25) is 18.8 Å². The molecule has 10 nitrogen and oxygen atoms in total. The standard InChI is InChI=1S/C22H25N7O3S/c1-13-5-4-6-16(9-13)25-18(30)11-17-20(32)23-7-8-28(17)19(31)12-33-22-27-26-21-24-14(2)10-15(3)29(21)22/h4-6,9-10,17H,7-8,11-12H2,1-3H3,(H,23,32)(H,25,30). The van der Waals surface area contributed by atoms with Crippen molar-refractivity contribution in [2.75, 3.05) is 24.2 Å². The summed E-state index contributed by atoms with van der Waals surface area (Å²) in [6, 6.07) is 8.46. The van der Waals surface area contributed by atoms with Crippen LogP contribution in [0.1, 0.15) is 23.4 Å². The lowest BCUT2D eigenvalue weighted by molar-refractivity contribution is -0.142. The van der Waals surface area contributed by atoms with E-state index < -0.39 is 6.04 Å². The van der Waals surface area contributed by atoms with Crippen molar-refractivity contribution in [3.05, 3.63) is 47.3 Å². The third kappa shape index (κ3) is 5.14. The number of hydrogen-bond donors (Lipinski definition) is 2. The number of nitrogens with one attached hydrogen (secondary N) is 2. The van der Waals surface area contributed by atoms with Gasteiger partial charge in [-0.2, -0.15) is 0 Å². The predicted octanol–water partition coefficient (Wildman–Crippen LogP) is 1.50. The van der Waals surface area contributed by atoms with E-state index >= 15 is 0 Å². The number of fused-ring (bicyclic) bond motifs is 1. The number of carbonyl (C=O) groups excluding carboxylic acids is 3. The second kappa shape index (κ2) is 9.57. The first-order valence-corrected chi connectivity index (χ1v) is 11.6. The summed E-state index contributed by atoms with van der Waals surface area (Å²) >= 11 is 1.23. The molecule has 1 aliphatic rings. The zero-order valence-corrected chi connectivity index (χ0v) is 19.5. The van der Waals surface area contributed by atoms with E-state index in [2.05, 4.69) is 25.8 Å². The minimum absolute atomic E-state index is 0.0669. The number of anilines is 1. The summed E-state index contributed by atoms with van der Waals surface area (Å²) in [6.07, 6.45) is -0.119. The Morgan fingerprint density at radius 2 is 2.03 bits per heavy atom. The molecule has 3 heterocycles. The maximum Gasteiger partial charge on any atom is 0.256 e. The van der Waals surface area contributed by atoms with Gasteiger partial charge in [0.1, 0.15) is 6.04 Å². The summed E-state index contributed by atoms with van der Waals surface area (Å²) in [5.41, 5.74) is 3.42. The third-order valence-corrected chi connectivity index (χ3v) is 6.23. The third-order valence-electron chi connectivity index (χ3n) is 5.32. The second-order valence-corrected chi connectivity index (χ2v) is 8.90. The number of rotatable bonds is 6. The Kier molecular flexibility index (Phi) is 6.59. The van der Waals surface area contributed by atoms with Crippen molar-refractivity contribution in [1.29, 1.82) is 0 Å². The number of benzene rings is 1. The van der Waals surface area contributed by atoms with E-state index in [0.717, 1.165) is 17.0 Å². The Labute approximate surface area is 195 Å². The second-order valence-electron chi connectivity index (χ2n) is 7.96. The molecule has 4 rings (SSSR count). The van der Waals surface area contributed by atoms with Crippen LogP contribution in [-0.4, -0.2) is 67.1 Å². The summed E-state index contributed by atoms with van der Waals surface area (Å²) in [5, 5.41) is 14.3. The van der Waals surface area contributed by atoms with Crippen LogP contribution >= 0.6 is 11.8 Å². The maximum absolute atomic E-state index is 13.0. The molecule has 0 spiro atoms. The van der Waals surface area contributed by atoms with Crippen LogP contribution in [0.2, 0.25) is 0 Å². The first-order chi connectivity index (χ1) is 15.8. The molecule has 1 unspecified atom stereocenters. The summed E-state index contributed by atoms with van der Waals surface area (Å²) in [5.74, 6) is -0.351.